The van der Waals surface area contributed by atoms with Crippen LogP contribution in [0, 0.1) is 0 Å². The Morgan fingerprint density at radius 1 is 2.14 bits per heavy atom. The quantitative estimate of drug-likeness (QED) is 0.467. The van der Waals surface area contributed by atoms with E-state index in [4.69, 9.17) is 4.11 Å². The highest BCUT2D eigenvalue weighted by Gasteiger charge is 1.89. The Labute approximate surface area is 48.1 Å². The number of hydrogen-bond acceptors (Lipinski definition) is 0. The second-order valence-corrected chi connectivity index (χ2v) is 1.45. The molecular formula is C7H8. The van der Waals surface area contributed by atoms with Crippen LogP contribution in [-0.4, -0.2) is 0 Å². The largest absolute Gasteiger partial charge is 0.0988 e. The molecule has 7 heavy (non-hydrogen) atoms. The number of allylic oxidation sites excluding steroid dienone is 5. The fourth-order valence-electron chi connectivity index (χ4n) is 0.540. The van der Waals surface area contributed by atoms with Crippen LogP contribution in [0.2, 0.25) is 0 Å². The van der Waals surface area contributed by atoms with E-state index in [-0.39, 0.29) is 6.05 Å². The Hall–Kier alpha value is -0.780. The molecule has 0 unspecified atom stereocenters. The van der Waals surface area contributed by atoms with Crippen LogP contribution in [0.15, 0.2) is 36.4 Å². The Kier molecular flexibility index (Phi) is 0.508. The summed E-state index contributed by atoms with van der Waals surface area (Å²) in [7, 11) is 0. The summed E-state index contributed by atoms with van der Waals surface area (Å²) < 4.78 is 20.9. The van der Waals surface area contributed by atoms with Gasteiger partial charge in [0.1, 0.15) is 0 Å². The maximum absolute atomic E-state index is 7.22. The van der Waals surface area contributed by atoms with Crippen molar-refractivity contribution in [2.45, 2.75) is 6.42 Å². The molecule has 0 fully saturated rings. The van der Waals surface area contributed by atoms with E-state index >= 15 is 0 Å². The van der Waals surface area contributed by atoms with Crippen molar-refractivity contribution < 1.29 is 4.11 Å². The Bertz CT molecular complexity index is 219. The average Bonchev–Trinajstić information content (AvgIpc) is 2.36. The monoisotopic (exact) mass is 95.1 g/mol. The van der Waals surface area contributed by atoms with Crippen molar-refractivity contribution in [3.05, 3.63) is 36.4 Å². The maximum atomic E-state index is 7.22. The van der Waals surface area contributed by atoms with Gasteiger partial charge in [-0.05, 0) is 12.0 Å². The molecule has 1 rings (SSSR count). The van der Waals surface area contributed by atoms with Gasteiger partial charge in [-0.25, -0.2) is 0 Å². The molecule has 1 aliphatic rings. The van der Waals surface area contributed by atoms with Crippen LogP contribution in [-0.2, 0) is 0 Å². The minimum absolute atomic E-state index is 0.0324. The van der Waals surface area contributed by atoms with Gasteiger partial charge >= 0.3 is 0 Å². The lowest BCUT2D eigenvalue weighted by Gasteiger charge is -1.82. The average molecular weight is 95.2 g/mol. The summed E-state index contributed by atoms with van der Waals surface area (Å²) in [6.45, 7) is -0.407. The second-order valence-electron chi connectivity index (χ2n) is 1.45. The first-order valence-electron chi connectivity index (χ1n) is 3.72. The highest BCUT2D eigenvalue weighted by molar-refractivity contribution is 5.30. The predicted octanol–water partition coefficient (Wildman–Crippen LogP) is 2.06. The third kappa shape index (κ3) is 0.801. The number of hydrogen-bond donors (Lipinski definition) is 0. The molecule has 0 aromatic rings. The lowest BCUT2D eigenvalue weighted by Crippen LogP contribution is -1.62. The van der Waals surface area contributed by atoms with Gasteiger partial charge in [0.2, 0.25) is 0 Å². The third-order valence-corrected chi connectivity index (χ3v) is 0.932. The lowest BCUT2D eigenvalue weighted by atomic mass is 10.2. The van der Waals surface area contributed by atoms with Gasteiger partial charge in [-0.1, -0.05) is 30.8 Å². The van der Waals surface area contributed by atoms with E-state index < -0.39 is 6.53 Å². The molecule has 0 bridgehead atoms. The van der Waals surface area contributed by atoms with E-state index in [0.29, 0.717) is 6.42 Å². The summed E-state index contributed by atoms with van der Waals surface area (Å²) in [5.74, 6) is 0. The summed E-state index contributed by atoms with van der Waals surface area (Å²) in [5, 5.41) is 0. The van der Waals surface area contributed by atoms with Gasteiger partial charge in [0.05, 0.1) is 4.11 Å². The normalized spacial score (nSPS) is 22.3. The summed E-state index contributed by atoms with van der Waals surface area (Å²) in [6, 6.07) is 0.0324. The van der Waals surface area contributed by atoms with Crippen LogP contribution in [0.3, 0.4) is 0 Å². The Morgan fingerprint density at radius 2 is 3.14 bits per heavy atom. The zero-order valence-corrected chi connectivity index (χ0v) is 3.94. The SMILES string of the molecule is [2H]C([2H])=C([2H])C1=CC=CC1. The van der Waals surface area contributed by atoms with Gasteiger partial charge in [0, 0.05) is 0 Å². The van der Waals surface area contributed by atoms with Gasteiger partial charge in [0.15, 0.2) is 0 Å². The molecule has 0 heteroatoms. The van der Waals surface area contributed by atoms with Crippen molar-refractivity contribution in [3.8, 4) is 0 Å². The first-order chi connectivity index (χ1) is 4.72. The standard InChI is InChI=1S/C7H8/c1-2-7-5-3-4-6-7/h2-5H,1,6H2/i1D2,2D. The van der Waals surface area contributed by atoms with Crippen molar-refractivity contribution in [2.24, 2.45) is 0 Å². The van der Waals surface area contributed by atoms with Crippen molar-refractivity contribution in [3.63, 3.8) is 0 Å². The van der Waals surface area contributed by atoms with Crippen LogP contribution in [0.1, 0.15) is 10.5 Å². The van der Waals surface area contributed by atoms with E-state index in [1.165, 1.54) is 0 Å². The predicted molar refractivity (Wildman–Crippen MR) is 32.0 cm³/mol. The van der Waals surface area contributed by atoms with Gasteiger partial charge in [-0.2, -0.15) is 0 Å². The van der Waals surface area contributed by atoms with Crippen molar-refractivity contribution in [2.75, 3.05) is 0 Å². The van der Waals surface area contributed by atoms with Crippen LogP contribution in [0.5, 0.6) is 0 Å². The molecule has 1 aliphatic carbocycles. The molecule has 0 N–H and O–H groups in total. The summed E-state index contributed by atoms with van der Waals surface area (Å²) >= 11 is 0. The van der Waals surface area contributed by atoms with Gasteiger partial charge < -0.3 is 0 Å². The fourth-order valence-corrected chi connectivity index (χ4v) is 0.540. The molecule has 0 saturated heterocycles. The first kappa shape index (κ1) is 1.99. The molecule has 0 atom stereocenters. The fraction of sp³-hybridized carbons (Fsp3) is 0.143. The lowest BCUT2D eigenvalue weighted by molar-refractivity contribution is 1.34. The van der Waals surface area contributed by atoms with E-state index in [1.807, 2.05) is 12.2 Å². The number of rotatable bonds is 1. The first-order valence-corrected chi connectivity index (χ1v) is 2.22. The van der Waals surface area contributed by atoms with Gasteiger partial charge in [0.25, 0.3) is 0 Å². The summed E-state index contributed by atoms with van der Waals surface area (Å²) in [5.41, 5.74) is 0.764. The zero-order chi connectivity index (χ0) is 7.56. The minimum atomic E-state index is -0.407. The molecule has 0 saturated carbocycles. The molecule has 0 spiro atoms. The van der Waals surface area contributed by atoms with Gasteiger partial charge in [-0.15, -0.1) is 0 Å². The van der Waals surface area contributed by atoms with E-state index in [1.54, 1.807) is 6.08 Å². The second kappa shape index (κ2) is 1.78. The summed E-state index contributed by atoms with van der Waals surface area (Å²) in [4.78, 5) is 0. The van der Waals surface area contributed by atoms with E-state index in [2.05, 4.69) is 0 Å². The molecule has 0 aromatic carbocycles. The molecule has 0 aliphatic heterocycles. The molecule has 0 amide bonds. The molecular weight excluding hydrogens is 84.1 g/mol. The molecule has 0 heterocycles. The Morgan fingerprint density at radius 3 is 3.71 bits per heavy atom. The maximum Gasteiger partial charge on any atom is 0.0619 e. The molecule has 36 valence electrons. The topological polar surface area (TPSA) is 0 Å². The van der Waals surface area contributed by atoms with Crippen molar-refractivity contribution in [1.82, 2.24) is 0 Å². The van der Waals surface area contributed by atoms with E-state index in [0.717, 1.165) is 5.57 Å². The zero-order valence-electron chi connectivity index (χ0n) is 6.94. The van der Waals surface area contributed by atoms with Crippen LogP contribution < -0.4 is 0 Å². The minimum Gasteiger partial charge on any atom is -0.0988 e. The van der Waals surface area contributed by atoms with Crippen molar-refractivity contribution in [1.29, 1.82) is 0 Å². The molecule has 0 radical (unpaired) electrons. The van der Waals surface area contributed by atoms with Crippen LogP contribution >= 0.6 is 0 Å². The van der Waals surface area contributed by atoms with Crippen LogP contribution in [0.25, 0.3) is 0 Å². The third-order valence-electron chi connectivity index (χ3n) is 0.932. The molecule has 0 nitrogen and oxygen atoms in total. The summed E-state index contributed by atoms with van der Waals surface area (Å²) in [6.07, 6.45) is 6.21. The highest BCUT2D eigenvalue weighted by Crippen LogP contribution is 2.09. The Balaban J connectivity index is 2.77. The van der Waals surface area contributed by atoms with Crippen LogP contribution in [0.4, 0.5) is 0 Å². The van der Waals surface area contributed by atoms with E-state index in [9.17, 15) is 0 Å². The van der Waals surface area contributed by atoms with Gasteiger partial charge in [-0.3, -0.25) is 0 Å². The molecule has 0 aromatic heterocycles. The smallest absolute Gasteiger partial charge is 0.0619 e. The van der Waals surface area contributed by atoms with Crippen molar-refractivity contribution >= 4 is 0 Å². The highest BCUT2D eigenvalue weighted by atomic mass is 13.9.